The number of nitrogens with zero attached hydrogens (tertiary/aromatic N) is 2. The maximum Gasteiger partial charge on any atom is 0.119 e. The van der Waals surface area contributed by atoms with Gasteiger partial charge in [-0.1, -0.05) is 6.42 Å². The van der Waals surface area contributed by atoms with Crippen molar-refractivity contribution in [2.45, 2.75) is 25.3 Å². The summed E-state index contributed by atoms with van der Waals surface area (Å²) in [4.78, 5) is 2.30. The minimum atomic E-state index is 0.202. The largest absolute Gasteiger partial charge is 0.492 e. The van der Waals surface area contributed by atoms with Crippen molar-refractivity contribution in [2.24, 2.45) is 0 Å². The van der Waals surface area contributed by atoms with Gasteiger partial charge in [-0.15, -0.1) is 0 Å². The van der Waals surface area contributed by atoms with Crippen LogP contribution in [0.25, 0.3) is 0 Å². The van der Waals surface area contributed by atoms with E-state index in [0.29, 0.717) is 18.2 Å². The molecular weight excluding hydrogens is 240 g/mol. The number of hydrogen-bond donors (Lipinski definition) is 1. The monoisotopic (exact) mass is 260 g/mol. The fourth-order valence-electron chi connectivity index (χ4n) is 2.26. The second kappa shape index (κ2) is 7.13. The highest BCUT2D eigenvalue weighted by Gasteiger charge is 2.24. The van der Waals surface area contributed by atoms with E-state index in [1.54, 1.807) is 12.1 Å². The van der Waals surface area contributed by atoms with Gasteiger partial charge >= 0.3 is 0 Å². The molecule has 1 aromatic rings. The van der Waals surface area contributed by atoms with Gasteiger partial charge in [0.2, 0.25) is 0 Å². The first-order chi connectivity index (χ1) is 9.33. The first-order valence-electron chi connectivity index (χ1n) is 6.81. The number of aliphatic hydroxyl groups is 1. The SMILES string of the molecule is N#Cc1ccc(OCCN(CCO)C2CCC2)cc1. The summed E-state index contributed by atoms with van der Waals surface area (Å²) in [5.74, 6) is 0.788. The van der Waals surface area contributed by atoms with Crippen LogP contribution in [0.5, 0.6) is 5.75 Å². The molecule has 0 aliphatic heterocycles. The zero-order valence-electron chi connectivity index (χ0n) is 11.1. The Hall–Kier alpha value is -1.57. The lowest BCUT2D eigenvalue weighted by Gasteiger charge is -2.37. The number of nitriles is 1. The fourth-order valence-corrected chi connectivity index (χ4v) is 2.26. The van der Waals surface area contributed by atoms with Crippen molar-refractivity contribution in [3.63, 3.8) is 0 Å². The summed E-state index contributed by atoms with van der Waals surface area (Å²) in [6.07, 6.45) is 3.76. The van der Waals surface area contributed by atoms with Crippen LogP contribution >= 0.6 is 0 Å². The molecule has 0 amide bonds. The summed E-state index contributed by atoms with van der Waals surface area (Å²) in [7, 11) is 0. The van der Waals surface area contributed by atoms with Gasteiger partial charge in [0.05, 0.1) is 18.2 Å². The quantitative estimate of drug-likeness (QED) is 0.812. The van der Waals surface area contributed by atoms with Crippen molar-refractivity contribution in [1.29, 1.82) is 5.26 Å². The first-order valence-corrected chi connectivity index (χ1v) is 6.81. The number of ether oxygens (including phenoxy) is 1. The molecule has 2 rings (SSSR count). The zero-order valence-corrected chi connectivity index (χ0v) is 11.1. The minimum absolute atomic E-state index is 0.202. The Bertz CT molecular complexity index is 421. The highest BCUT2D eigenvalue weighted by atomic mass is 16.5. The molecule has 1 aromatic carbocycles. The van der Waals surface area contributed by atoms with Gasteiger partial charge in [-0.25, -0.2) is 0 Å². The van der Waals surface area contributed by atoms with Gasteiger partial charge in [0.1, 0.15) is 12.4 Å². The zero-order chi connectivity index (χ0) is 13.5. The van der Waals surface area contributed by atoms with E-state index < -0.39 is 0 Å². The van der Waals surface area contributed by atoms with Crippen molar-refractivity contribution in [3.8, 4) is 11.8 Å². The molecule has 4 nitrogen and oxygen atoms in total. The van der Waals surface area contributed by atoms with Crippen LogP contribution < -0.4 is 4.74 Å². The molecule has 0 spiro atoms. The van der Waals surface area contributed by atoms with Crippen molar-refractivity contribution < 1.29 is 9.84 Å². The molecule has 0 heterocycles. The average molecular weight is 260 g/mol. The topological polar surface area (TPSA) is 56.5 Å². The number of hydrogen-bond acceptors (Lipinski definition) is 4. The van der Waals surface area contributed by atoms with Gasteiger partial charge in [0.25, 0.3) is 0 Å². The van der Waals surface area contributed by atoms with Crippen molar-refractivity contribution >= 4 is 0 Å². The normalized spacial score (nSPS) is 15.0. The van der Waals surface area contributed by atoms with E-state index >= 15 is 0 Å². The molecule has 0 radical (unpaired) electrons. The fraction of sp³-hybridized carbons (Fsp3) is 0.533. The lowest BCUT2D eigenvalue weighted by molar-refractivity contribution is 0.0860. The lowest BCUT2D eigenvalue weighted by atomic mass is 9.91. The van der Waals surface area contributed by atoms with Crippen LogP contribution in [0.4, 0.5) is 0 Å². The molecule has 1 aliphatic rings. The molecular formula is C15H20N2O2. The second-order valence-corrected chi connectivity index (χ2v) is 4.83. The minimum Gasteiger partial charge on any atom is -0.492 e. The van der Waals surface area contributed by atoms with Gasteiger partial charge in [0, 0.05) is 19.1 Å². The van der Waals surface area contributed by atoms with Crippen LogP contribution in [-0.4, -0.2) is 42.4 Å². The van der Waals surface area contributed by atoms with Crippen LogP contribution in [0, 0.1) is 11.3 Å². The molecule has 0 saturated heterocycles. The second-order valence-electron chi connectivity index (χ2n) is 4.83. The van der Waals surface area contributed by atoms with Crippen LogP contribution in [-0.2, 0) is 0 Å². The summed E-state index contributed by atoms with van der Waals surface area (Å²) in [5.41, 5.74) is 0.642. The number of aliphatic hydroxyl groups excluding tert-OH is 1. The molecule has 0 unspecified atom stereocenters. The standard InChI is InChI=1S/C15H20N2O2/c16-12-13-4-6-15(7-5-13)19-11-9-17(8-10-18)14-2-1-3-14/h4-7,14,18H,1-3,8-11H2. The molecule has 1 saturated carbocycles. The Labute approximate surface area is 114 Å². The Morgan fingerprint density at radius 3 is 2.53 bits per heavy atom. The molecule has 102 valence electrons. The van der Waals surface area contributed by atoms with E-state index in [1.807, 2.05) is 12.1 Å². The summed E-state index contributed by atoms with van der Waals surface area (Å²) < 4.78 is 5.67. The first kappa shape index (κ1) is 13.9. The van der Waals surface area contributed by atoms with Crippen molar-refractivity contribution in [1.82, 2.24) is 4.90 Å². The Balaban J connectivity index is 1.75. The van der Waals surface area contributed by atoms with Gasteiger partial charge < -0.3 is 9.84 Å². The smallest absolute Gasteiger partial charge is 0.119 e. The van der Waals surface area contributed by atoms with E-state index in [2.05, 4.69) is 11.0 Å². The third-order valence-electron chi connectivity index (χ3n) is 3.61. The Morgan fingerprint density at radius 1 is 1.26 bits per heavy atom. The summed E-state index contributed by atoms with van der Waals surface area (Å²) in [6, 6.07) is 9.85. The van der Waals surface area contributed by atoms with E-state index in [1.165, 1.54) is 19.3 Å². The third kappa shape index (κ3) is 3.95. The number of rotatable bonds is 7. The summed E-state index contributed by atoms with van der Waals surface area (Å²) >= 11 is 0. The predicted molar refractivity (Wildman–Crippen MR) is 72.9 cm³/mol. The van der Waals surface area contributed by atoms with Crippen LogP contribution in [0.15, 0.2) is 24.3 Å². The van der Waals surface area contributed by atoms with Gasteiger partial charge in [-0.2, -0.15) is 5.26 Å². The molecule has 1 fully saturated rings. The molecule has 19 heavy (non-hydrogen) atoms. The maximum absolute atomic E-state index is 9.07. The lowest BCUT2D eigenvalue weighted by Crippen LogP contribution is -2.43. The Kier molecular flexibility index (Phi) is 5.20. The summed E-state index contributed by atoms with van der Waals surface area (Å²) in [5, 5.41) is 17.8. The van der Waals surface area contributed by atoms with Crippen LogP contribution in [0.2, 0.25) is 0 Å². The molecule has 1 aliphatic carbocycles. The highest BCUT2D eigenvalue weighted by molar-refractivity contribution is 5.34. The van der Waals surface area contributed by atoms with Crippen LogP contribution in [0.1, 0.15) is 24.8 Å². The molecule has 0 aromatic heterocycles. The maximum atomic E-state index is 9.07. The third-order valence-corrected chi connectivity index (χ3v) is 3.61. The molecule has 4 heteroatoms. The van der Waals surface area contributed by atoms with Gasteiger partial charge in [-0.3, -0.25) is 4.90 Å². The molecule has 0 atom stereocenters. The Morgan fingerprint density at radius 2 is 2.00 bits per heavy atom. The van der Waals surface area contributed by atoms with Gasteiger partial charge in [0.15, 0.2) is 0 Å². The molecule has 0 bridgehead atoms. The number of benzene rings is 1. The highest BCUT2D eigenvalue weighted by Crippen LogP contribution is 2.24. The van der Waals surface area contributed by atoms with E-state index in [0.717, 1.165) is 18.8 Å². The van der Waals surface area contributed by atoms with Gasteiger partial charge in [-0.05, 0) is 37.1 Å². The van der Waals surface area contributed by atoms with E-state index in [4.69, 9.17) is 15.1 Å². The van der Waals surface area contributed by atoms with Crippen LogP contribution in [0.3, 0.4) is 0 Å². The molecule has 1 N–H and O–H groups in total. The van der Waals surface area contributed by atoms with Crippen molar-refractivity contribution in [2.75, 3.05) is 26.3 Å². The van der Waals surface area contributed by atoms with E-state index in [9.17, 15) is 0 Å². The van der Waals surface area contributed by atoms with Crippen molar-refractivity contribution in [3.05, 3.63) is 29.8 Å². The summed E-state index contributed by atoms with van der Waals surface area (Å²) in [6.45, 7) is 2.38. The average Bonchev–Trinajstić information content (AvgIpc) is 2.38. The van der Waals surface area contributed by atoms with E-state index in [-0.39, 0.29) is 6.61 Å². The predicted octanol–water partition coefficient (Wildman–Crippen LogP) is 1.78.